The number of aromatic nitrogens is 2. The molecule has 6 heteroatoms. The fourth-order valence-corrected chi connectivity index (χ4v) is 4.16. The van der Waals surface area contributed by atoms with E-state index in [0.717, 1.165) is 41.8 Å². The Morgan fingerprint density at radius 1 is 0.794 bits per heavy atom. The first-order valence-electron chi connectivity index (χ1n) is 11.9. The van der Waals surface area contributed by atoms with Gasteiger partial charge in [0.15, 0.2) is 17.3 Å². The molecule has 0 spiro atoms. The third kappa shape index (κ3) is 5.57. The average molecular weight is 459 g/mol. The van der Waals surface area contributed by atoms with Gasteiger partial charge in [0.2, 0.25) is 0 Å². The maximum absolute atomic E-state index is 5.54. The molecule has 0 amide bonds. The molecule has 0 atom stereocenters. The second kappa shape index (κ2) is 11.2. The standard InChI is InChI=1S/C28H34N4O2/c1-32(2)16-10-6-5-9-15-29-28-23-18-25(33-3)26(34-4)19-24(23)30-27(31-28)22-14-13-20-11-7-8-12-21(20)17-22/h7-8,11-14,17-19H,5-6,9-10,15-16H2,1-4H3,(H,29,30,31). The Morgan fingerprint density at radius 3 is 2.29 bits per heavy atom. The molecule has 0 unspecified atom stereocenters. The Balaban J connectivity index is 1.63. The van der Waals surface area contributed by atoms with Gasteiger partial charge in [-0.3, -0.25) is 0 Å². The van der Waals surface area contributed by atoms with Crippen LogP contribution >= 0.6 is 0 Å². The van der Waals surface area contributed by atoms with E-state index in [4.69, 9.17) is 19.4 Å². The lowest BCUT2D eigenvalue weighted by molar-refractivity contribution is 0.356. The SMILES string of the molecule is COc1cc2nc(-c3ccc4ccccc4c3)nc(NCCCCCCN(C)C)c2cc1OC. The van der Waals surface area contributed by atoms with Crippen LogP contribution in [0.2, 0.25) is 0 Å². The lowest BCUT2D eigenvalue weighted by atomic mass is 10.1. The maximum Gasteiger partial charge on any atom is 0.162 e. The molecule has 0 aliphatic carbocycles. The molecule has 1 N–H and O–H groups in total. The molecule has 3 aromatic carbocycles. The second-order valence-electron chi connectivity index (χ2n) is 8.83. The zero-order valence-electron chi connectivity index (χ0n) is 20.6. The van der Waals surface area contributed by atoms with Crippen LogP contribution in [0.15, 0.2) is 54.6 Å². The molecule has 0 saturated carbocycles. The van der Waals surface area contributed by atoms with E-state index in [1.165, 1.54) is 30.0 Å². The topological polar surface area (TPSA) is 59.5 Å². The summed E-state index contributed by atoms with van der Waals surface area (Å²) in [6.07, 6.45) is 4.75. The van der Waals surface area contributed by atoms with E-state index in [1.54, 1.807) is 14.2 Å². The van der Waals surface area contributed by atoms with Gasteiger partial charge in [-0.2, -0.15) is 0 Å². The Labute approximate surface area is 201 Å². The van der Waals surface area contributed by atoms with Crippen LogP contribution in [0.5, 0.6) is 11.5 Å². The van der Waals surface area contributed by atoms with Crippen LogP contribution in [-0.2, 0) is 0 Å². The van der Waals surface area contributed by atoms with E-state index in [9.17, 15) is 0 Å². The lowest BCUT2D eigenvalue weighted by Crippen LogP contribution is -2.12. The van der Waals surface area contributed by atoms with Crippen molar-refractivity contribution in [2.45, 2.75) is 25.7 Å². The minimum atomic E-state index is 0.657. The molecular weight excluding hydrogens is 424 g/mol. The molecule has 0 fully saturated rings. The first kappa shape index (κ1) is 23.8. The smallest absolute Gasteiger partial charge is 0.162 e. The van der Waals surface area contributed by atoms with Crippen LogP contribution in [0.1, 0.15) is 25.7 Å². The molecule has 4 rings (SSSR count). The highest BCUT2D eigenvalue weighted by molar-refractivity contribution is 5.94. The summed E-state index contributed by atoms with van der Waals surface area (Å²) in [7, 11) is 7.54. The summed E-state index contributed by atoms with van der Waals surface area (Å²) in [5.74, 6) is 2.84. The number of hydrogen-bond donors (Lipinski definition) is 1. The number of nitrogens with one attached hydrogen (secondary N) is 1. The average Bonchev–Trinajstić information content (AvgIpc) is 2.86. The number of fused-ring (bicyclic) bond motifs is 2. The molecular formula is C28H34N4O2. The molecule has 6 nitrogen and oxygen atoms in total. The van der Waals surface area contributed by atoms with Crippen LogP contribution in [0.3, 0.4) is 0 Å². The lowest BCUT2D eigenvalue weighted by Gasteiger charge is -2.14. The minimum Gasteiger partial charge on any atom is -0.493 e. The first-order valence-corrected chi connectivity index (χ1v) is 11.9. The van der Waals surface area contributed by atoms with Gasteiger partial charge in [0.05, 0.1) is 19.7 Å². The van der Waals surface area contributed by atoms with Crippen LogP contribution in [-0.4, -0.2) is 56.3 Å². The zero-order valence-corrected chi connectivity index (χ0v) is 20.6. The molecule has 34 heavy (non-hydrogen) atoms. The van der Waals surface area contributed by atoms with Crippen molar-refractivity contribution in [2.24, 2.45) is 0 Å². The van der Waals surface area contributed by atoms with Crippen molar-refractivity contribution in [1.82, 2.24) is 14.9 Å². The normalized spacial score (nSPS) is 11.3. The number of anilines is 1. The summed E-state index contributed by atoms with van der Waals surface area (Å²) in [5, 5.41) is 6.86. The van der Waals surface area contributed by atoms with Crippen molar-refractivity contribution in [3.05, 3.63) is 54.6 Å². The molecule has 4 aromatic rings. The predicted octanol–water partition coefficient (Wildman–Crippen LogP) is 6.00. The zero-order chi connectivity index (χ0) is 23.9. The second-order valence-corrected chi connectivity index (χ2v) is 8.83. The van der Waals surface area contributed by atoms with E-state index in [1.807, 2.05) is 12.1 Å². The largest absolute Gasteiger partial charge is 0.493 e. The number of nitrogens with zero attached hydrogens (tertiary/aromatic N) is 3. The van der Waals surface area contributed by atoms with Crippen molar-refractivity contribution in [2.75, 3.05) is 46.7 Å². The van der Waals surface area contributed by atoms with Gasteiger partial charge in [-0.25, -0.2) is 9.97 Å². The monoisotopic (exact) mass is 458 g/mol. The molecule has 0 radical (unpaired) electrons. The van der Waals surface area contributed by atoms with E-state index in [2.05, 4.69) is 66.8 Å². The van der Waals surface area contributed by atoms with Gasteiger partial charge in [0.25, 0.3) is 0 Å². The summed E-state index contributed by atoms with van der Waals surface area (Å²) in [5.41, 5.74) is 1.81. The molecule has 178 valence electrons. The number of ether oxygens (including phenoxy) is 2. The van der Waals surface area contributed by atoms with Gasteiger partial charge in [-0.05, 0) is 56.4 Å². The predicted molar refractivity (Wildman–Crippen MR) is 141 cm³/mol. The van der Waals surface area contributed by atoms with Gasteiger partial charge in [-0.15, -0.1) is 0 Å². The van der Waals surface area contributed by atoms with E-state index < -0.39 is 0 Å². The van der Waals surface area contributed by atoms with Crippen LogP contribution in [0.4, 0.5) is 5.82 Å². The van der Waals surface area contributed by atoms with Crippen LogP contribution in [0.25, 0.3) is 33.1 Å². The molecule has 0 aliphatic heterocycles. The summed E-state index contributed by atoms with van der Waals surface area (Å²) in [6.45, 7) is 2.00. The van der Waals surface area contributed by atoms with Crippen molar-refractivity contribution < 1.29 is 9.47 Å². The van der Waals surface area contributed by atoms with Crippen molar-refractivity contribution in [3.63, 3.8) is 0 Å². The molecule has 0 saturated heterocycles. The minimum absolute atomic E-state index is 0.657. The van der Waals surface area contributed by atoms with Crippen LogP contribution in [0, 0.1) is 0 Å². The molecule has 0 aliphatic rings. The Bertz CT molecular complexity index is 1260. The maximum atomic E-state index is 5.54. The van der Waals surface area contributed by atoms with Gasteiger partial charge in [0.1, 0.15) is 5.82 Å². The number of benzene rings is 3. The number of methoxy groups -OCH3 is 2. The Hall–Kier alpha value is -3.38. The van der Waals surface area contributed by atoms with Crippen molar-refractivity contribution in [1.29, 1.82) is 0 Å². The fraction of sp³-hybridized carbons (Fsp3) is 0.357. The Kier molecular flexibility index (Phi) is 7.80. The first-order chi connectivity index (χ1) is 16.6. The van der Waals surface area contributed by atoms with Gasteiger partial charge >= 0.3 is 0 Å². The van der Waals surface area contributed by atoms with E-state index in [0.29, 0.717) is 17.3 Å². The molecule has 1 heterocycles. The molecule has 0 bridgehead atoms. The van der Waals surface area contributed by atoms with E-state index in [-0.39, 0.29) is 0 Å². The number of rotatable bonds is 11. The number of hydrogen-bond acceptors (Lipinski definition) is 6. The summed E-state index contributed by atoms with van der Waals surface area (Å²) >= 11 is 0. The third-order valence-electron chi connectivity index (χ3n) is 6.03. The number of unbranched alkanes of at least 4 members (excludes halogenated alkanes) is 3. The summed E-state index contributed by atoms with van der Waals surface area (Å²) in [4.78, 5) is 12.1. The fourth-order valence-electron chi connectivity index (χ4n) is 4.16. The van der Waals surface area contributed by atoms with Gasteiger partial charge in [0, 0.05) is 23.6 Å². The highest BCUT2D eigenvalue weighted by atomic mass is 16.5. The summed E-state index contributed by atoms with van der Waals surface area (Å²) in [6, 6.07) is 18.6. The van der Waals surface area contributed by atoms with Gasteiger partial charge < -0.3 is 19.7 Å². The Morgan fingerprint density at radius 2 is 1.53 bits per heavy atom. The highest BCUT2D eigenvalue weighted by Gasteiger charge is 2.14. The third-order valence-corrected chi connectivity index (χ3v) is 6.03. The van der Waals surface area contributed by atoms with Crippen LogP contribution < -0.4 is 14.8 Å². The van der Waals surface area contributed by atoms with Gasteiger partial charge in [-0.1, -0.05) is 49.2 Å². The van der Waals surface area contributed by atoms with E-state index >= 15 is 0 Å². The van der Waals surface area contributed by atoms with Crippen molar-refractivity contribution >= 4 is 27.5 Å². The van der Waals surface area contributed by atoms with Crippen molar-refractivity contribution in [3.8, 4) is 22.9 Å². The molecule has 1 aromatic heterocycles. The highest BCUT2D eigenvalue weighted by Crippen LogP contribution is 2.35. The quantitative estimate of drug-likeness (QED) is 0.278. The summed E-state index contributed by atoms with van der Waals surface area (Å²) < 4.78 is 11.1.